The third kappa shape index (κ3) is 3.37. The van der Waals surface area contributed by atoms with Crippen LogP contribution in [0.5, 0.6) is 0 Å². The molecule has 0 aliphatic heterocycles. The molecular weight excluding hydrogens is 292 g/mol. The Hall–Kier alpha value is -1.40. The Bertz CT molecular complexity index is 677. The number of hydrogen-bond donors (Lipinski definition) is 1. The van der Waals surface area contributed by atoms with E-state index in [1.807, 2.05) is 11.4 Å². The highest BCUT2D eigenvalue weighted by Gasteiger charge is 2.23. The van der Waals surface area contributed by atoms with Crippen LogP contribution < -0.4 is 5.32 Å². The summed E-state index contributed by atoms with van der Waals surface area (Å²) in [5.41, 5.74) is -0.0829. The molecule has 0 atom stereocenters. The Morgan fingerprint density at radius 3 is 2.65 bits per heavy atom. The van der Waals surface area contributed by atoms with E-state index in [0.29, 0.717) is 12.4 Å². The number of anilines is 1. The fraction of sp³-hybridized carbons (Fsp3) is 0.357. The van der Waals surface area contributed by atoms with Crippen molar-refractivity contribution in [2.24, 2.45) is 0 Å². The Labute approximate surface area is 123 Å². The molecule has 0 radical (unpaired) electrons. The van der Waals surface area contributed by atoms with Gasteiger partial charge in [-0.05, 0) is 23.6 Å². The van der Waals surface area contributed by atoms with Crippen LogP contribution in [0.1, 0.15) is 18.7 Å². The normalized spacial score (nSPS) is 12.3. The molecule has 0 saturated heterocycles. The zero-order chi connectivity index (χ0) is 14.8. The molecule has 6 heteroatoms. The highest BCUT2D eigenvalue weighted by Crippen LogP contribution is 2.28. The molecule has 108 valence electrons. The van der Waals surface area contributed by atoms with Crippen LogP contribution in [-0.4, -0.2) is 26.2 Å². The summed E-state index contributed by atoms with van der Waals surface area (Å²) in [7, 11) is -3.28. The van der Waals surface area contributed by atoms with E-state index in [-0.39, 0.29) is 10.3 Å². The van der Waals surface area contributed by atoms with E-state index in [1.165, 1.54) is 11.1 Å². The van der Waals surface area contributed by atoms with Crippen molar-refractivity contribution >= 4 is 27.0 Å². The first-order valence-electron chi connectivity index (χ1n) is 6.24. The van der Waals surface area contributed by atoms with Crippen LogP contribution in [-0.2, 0) is 15.3 Å². The van der Waals surface area contributed by atoms with E-state index in [2.05, 4.69) is 30.2 Å². The Balaban J connectivity index is 2.20. The van der Waals surface area contributed by atoms with E-state index < -0.39 is 9.84 Å². The first kappa shape index (κ1) is 15.0. The number of nitrogens with zero attached hydrogens (tertiary/aromatic N) is 1. The van der Waals surface area contributed by atoms with Crippen molar-refractivity contribution in [3.63, 3.8) is 0 Å². The van der Waals surface area contributed by atoms with Gasteiger partial charge in [-0.25, -0.2) is 13.4 Å². The molecule has 2 aromatic rings. The molecule has 0 saturated carbocycles. The fourth-order valence-corrected chi connectivity index (χ4v) is 3.53. The van der Waals surface area contributed by atoms with Gasteiger partial charge in [0.2, 0.25) is 0 Å². The van der Waals surface area contributed by atoms with Gasteiger partial charge in [0.05, 0.1) is 0 Å². The van der Waals surface area contributed by atoms with Gasteiger partial charge in [0, 0.05) is 29.3 Å². The molecule has 0 aliphatic rings. The maximum Gasteiger partial charge on any atom is 0.179 e. The standard InChI is InChI=1S/C14H18N2O2S2/c1-14(2,12-7-5-9-19-12)10-16-13-11(20(3,17)18)6-4-8-15-13/h4-9H,10H2,1-3H3,(H,15,16). The van der Waals surface area contributed by atoms with Crippen molar-refractivity contribution in [2.45, 2.75) is 24.2 Å². The zero-order valence-electron chi connectivity index (χ0n) is 11.8. The summed E-state index contributed by atoms with van der Waals surface area (Å²) in [6, 6.07) is 7.31. The lowest BCUT2D eigenvalue weighted by atomic mass is 9.91. The van der Waals surface area contributed by atoms with E-state index >= 15 is 0 Å². The lowest BCUT2D eigenvalue weighted by molar-refractivity contribution is 0.566. The number of sulfone groups is 1. The number of aromatic nitrogens is 1. The SMILES string of the molecule is CC(C)(CNc1ncccc1S(C)(=O)=O)c1cccs1. The monoisotopic (exact) mass is 310 g/mol. The Morgan fingerprint density at radius 1 is 1.30 bits per heavy atom. The second-order valence-electron chi connectivity index (χ2n) is 5.34. The first-order chi connectivity index (χ1) is 9.31. The number of nitrogens with one attached hydrogen (secondary N) is 1. The average Bonchev–Trinajstić information content (AvgIpc) is 2.90. The maximum absolute atomic E-state index is 11.7. The molecule has 2 rings (SSSR count). The minimum absolute atomic E-state index is 0.0829. The number of pyridine rings is 1. The van der Waals surface area contributed by atoms with Crippen LogP contribution in [0.15, 0.2) is 40.7 Å². The number of hydrogen-bond acceptors (Lipinski definition) is 5. The van der Waals surface area contributed by atoms with Crippen molar-refractivity contribution < 1.29 is 8.42 Å². The van der Waals surface area contributed by atoms with E-state index in [0.717, 1.165) is 0 Å². The van der Waals surface area contributed by atoms with Gasteiger partial charge in [-0.15, -0.1) is 11.3 Å². The highest BCUT2D eigenvalue weighted by atomic mass is 32.2. The lowest BCUT2D eigenvalue weighted by Gasteiger charge is -2.24. The van der Waals surface area contributed by atoms with Crippen molar-refractivity contribution in [1.82, 2.24) is 4.98 Å². The third-order valence-corrected chi connectivity index (χ3v) is 5.42. The summed E-state index contributed by atoms with van der Waals surface area (Å²) in [6.45, 7) is 4.86. The van der Waals surface area contributed by atoms with Gasteiger partial charge in [-0.1, -0.05) is 19.9 Å². The van der Waals surface area contributed by atoms with Crippen LogP contribution in [0.4, 0.5) is 5.82 Å². The van der Waals surface area contributed by atoms with E-state index in [4.69, 9.17) is 0 Å². The smallest absolute Gasteiger partial charge is 0.179 e. The number of rotatable bonds is 5. The van der Waals surface area contributed by atoms with Gasteiger partial charge < -0.3 is 5.32 Å². The van der Waals surface area contributed by atoms with Crippen LogP contribution in [0.2, 0.25) is 0 Å². The molecule has 0 bridgehead atoms. The predicted molar refractivity (Wildman–Crippen MR) is 83.2 cm³/mol. The molecule has 0 aromatic carbocycles. The van der Waals surface area contributed by atoms with E-state index in [1.54, 1.807) is 29.7 Å². The maximum atomic E-state index is 11.7. The summed E-state index contributed by atoms with van der Waals surface area (Å²) in [5, 5.41) is 5.21. The van der Waals surface area contributed by atoms with Crippen molar-refractivity contribution in [1.29, 1.82) is 0 Å². The first-order valence-corrected chi connectivity index (χ1v) is 9.01. The molecule has 0 aliphatic carbocycles. The second-order valence-corrected chi connectivity index (χ2v) is 8.27. The Kier molecular flexibility index (Phi) is 4.15. The van der Waals surface area contributed by atoms with Gasteiger partial charge in [0.25, 0.3) is 0 Å². The molecule has 0 spiro atoms. The molecule has 4 nitrogen and oxygen atoms in total. The van der Waals surface area contributed by atoms with Gasteiger partial charge in [0.15, 0.2) is 9.84 Å². The van der Waals surface area contributed by atoms with Gasteiger partial charge >= 0.3 is 0 Å². The molecule has 20 heavy (non-hydrogen) atoms. The summed E-state index contributed by atoms with van der Waals surface area (Å²) in [5.74, 6) is 0.416. The third-order valence-electron chi connectivity index (χ3n) is 3.06. The van der Waals surface area contributed by atoms with Crippen molar-refractivity contribution in [3.05, 3.63) is 40.7 Å². The molecule has 1 N–H and O–H groups in total. The topological polar surface area (TPSA) is 59.1 Å². The molecule has 2 aromatic heterocycles. The van der Waals surface area contributed by atoms with Gasteiger partial charge in [-0.3, -0.25) is 0 Å². The van der Waals surface area contributed by atoms with Crippen LogP contribution in [0, 0.1) is 0 Å². The molecule has 0 unspecified atom stereocenters. The fourth-order valence-electron chi connectivity index (χ4n) is 1.88. The molecule has 2 heterocycles. The quantitative estimate of drug-likeness (QED) is 0.922. The average molecular weight is 310 g/mol. The largest absolute Gasteiger partial charge is 0.368 e. The van der Waals surface area contributed by atoms with Gasteiger partial charge in [-0.2, -0.15) is 0 Å². The van der Waals surface area contributed by atoms with Crippen LogP contribution in [0.3, 0.4) is 0 Å². The van der Waals surface area contributed by atoms with Crippen molar-refractivity contribution in [3.8, 4) is 0 Å². The van der Waals surface area contributed by atoms with Gasteiger partial charge in [0.1, 0.15) is 10.7 Å². The van der Waals surface area contributed by atoms with Crippen LogP contribution in [0.25, 0.3) is 0 Å². The van der Waals surface area contributed by atoms with E-state index in [9.17, 15) is 8.42 Å². The zero-order valence-corrected chi connectivity index (χ0v) is 13.4. The molecule has 0 amide bonds. The summed E-state index contributed by atoms with van der Waals surface area (Å²) in [6.07, 6.45) is 2.79. The summed E-state index contributed by atoms with van der Waals surface area (Å²) in [4.78, 5) is 5.63. The van der Waals surface area contributed by atoms with Crippen LogP contribution >= 0.6 is 11.3 Å². The van der Waals surface area contributed by atoms with Crippen molar-refractivity contribution in [2.75, 3.05) is 18.1 Å². The Morgan fingerprint density at radius 2 is 2.05 bits per heavy atom. The minimum Gasteiger partial charge on any atom is -0.368 e. The molecule has 0 fully saturated rings. The highest BCUT2D eigenvalue weighted by molar-refractivity contribution is 7.90. The number of thiophene rings is 1. The lowest BCUT2D eigenvalue weighted by Crippen LogP contribution is -2.27. The summed E-state index contributed by atoms with van der Waals surface area (Å²) >= 11 is 1.70. The predicted octanol–water partition coefficient (Wildman–Crippen LogP) is 2.94. The summed E-state index contributed by atoms with van der Waals surface area (Å²) < 4.78 is 23.5. The second kappa shape index (κ2) is 5.54. The minimum atomic E-state index is -3.28. The molecular formula is C14H18N2O2S2.